The predicted molar refractivity (Wildman–Crippen MR) is 63.1 cm³/mol. The Balaban J connectivity index is 2.54. The summed E-state index contributed by atoms with van der Waals surface area (Å²) >= 11 is 0. The van der Waals surface area contributed by atoms with Gasteiger partial charge >= 0.3 is 0 Å². The van der Waals surface area contributed by atoms with Crippen molar-refractivity contribution in [2.24, 2.45) is 0 Å². The van der Waals surface area contributed by atoms with Crippen molar-refractivity contribution in [3.63, 3.8) is 0 Å². The lowest BCUT2D eigenvalue weighted by atomic mass is 10.2. The van der Waals surface area contributed by atoms with E-state index in [1.165, 1.54) is 0 Å². The minimum atomic E-state index is -0.336. The molecule has 0 aliphatic heterocycles. The first-order chi connectivity index (χ1) is 8.17. The van der Waals surface area contributed by atoms with Gasteiger partial charge in [-0.15, -0.1) is 6.42 Å². The summed E-state index contributed by atoms with van der Waals surface area (Å²) in [4.78, 5) is 11.4. The molecule has 4 heteroatoms. The Bertz CT molecular complexity index is 483. The number of nitrogens with one attached hydrogen (secondary N) is 1. The summed E-state index contributed by atoms with van der Waals surface area (Å²) in [7, 11) is 0. The molecular formula is C13H12N2O2. The normalized spacial score (nSPS) is 10.8. The SMILES string of the molecule is C#CC(C)NC(=O)COc1ccccc1C#N. The minimum absolute atomic E-state index is 0.162. The lowest BCUT2D eigenvalue weighted by Crippen LogP contribution is -2.35. The molecule has 1 aromatic carbocycles. The van der Waals surface area contributed by atoms with Gasteiger partial charge in [-0.2, -0.15) is 5.26 Å². The first-order valence-corrected chi connectivity index (χ1v) is 5.04. The number of para-hydroxylation sites is 1. The number of hydrogen-bond acceptors (Lipinski definition) is 3. The fourth-order valence-electron chi connectivity index (χ4n) is 1.15. The molecule has 1 amide bonds. The van der Waals surface area contributed by atoms with Crippen LogP contribution in [0.4, 0.5) is 0 Å². The molecular weight excluding hydrogens is 216 g/mol. The smallest absolute Gasteiger partial charge is 0.258 e. The van der Waals surface area contributed by atoms with Gasteiger partial charge in [0.05, 0.1) is 11.6 Å². The van der Waals surface area contributed by atoms with Crippen LogP contribution in [0.25, 0.3) is 0 Å². The zero-order valence-corrected chi connectivity index (χ0v) is 9.43. The summed E-state index contributed by atoms with van der Waals surface area (Å²) in [5.41, 5.74) is 0.394. The van der Waals surface area contributed by atoms with Gasteiger partial charge in [-0.1, -0.05) is 18.1 Å². The molecule has 17 heavy (non-hydrogen) atoms. The quantitative estimate of drug-likeness (QED) is 0.784. The third-order valence-electron chi connectivity index (χ3n) is 1.99. The molecule has 1 unspecified atom stereocenters. The lowest BCUT2D eigenvalue weighted by Gasteiger charge is -2.09. The second-order valence-electron chi connectivity index (χ2n) is 3.35. The summed E-state index contributed by atoms with van der Waals surface area (Å²) in [6, 6.07) is 8.37. The average molecular weight is 228 g/mol. The van der Waals surface area contributed by atoms with Crippen molar-refractivity contribution in [3.05, 3.63) is 29.8 Å². The number of rotatable bonds is 4. The molecule has 0 saturated carbocycles. The van der Waals surface area contributed by atoms with E-state index in [-0.39, 0.29) is 18.6 Å². The van der Waals surface area contributed by atoms with E-state index in [4.69, 9.17) is 16.4 Å². The zero-order valence-electron chi connectivity index (χ0n) is 9.43. The van der Waals surface area contributed by atoms with E-state index in [2.05, 4.69) is 11.2 Å². The van der Waals surface area contributed by atoms with Crippen molar-refractivity contribution in [3.8, 4) is 24.2 Å². The summed E-state index contributed by atoms with van der Waals surface area (Å²) in [5, 5.41) is 11.4. The molecule has 0 heterocycles. The molecule has 1 aromatic rings. The number of carbonyl (C=O) groups is 1. The van der Waals surface area contributed by atoms with E-state index in [0.717, 1.165) is 0 Å². The summed E-state index contributed by atoms with van der Waals surface area (Å²) in [6.45, 7) is 1.53. The highest BCUT2D eigenvalue weighted by Gasteiger charge is 2.07. The fourth-order valence-corrected chi connectivity index (χ4v) is 1.15. The van der Waals surface area contributed by atoms with Crippen LogP contribution in [0.1, 0.15) is 12.5 Å². The number of ether oxygens (including phenoxy) is 1. The highest BCUT2D eigenvalue weighted by molar-refractivity contribution is 5.78. The van der Waals surface area contributed by atoms with E-state index >= 15 is 0 Å². The number of terminal acetylenes is 1. The molecule has 4 nitrogen and oxygen atoms in total. The second-order valence-corrected chi connectivity index (χ2v) is 3.35. The number of nitrogens with zero attached hydrogens (tertiary/aromatic N) is 1. The number of benzene rings is 1. The van der Waals surface area contributed by atoms with Gasteiger partial charge in [-0.25, -0.2) is 0 Å². The average Bonchev–Trinajstić information content (AvgIpc) is 2.36. The Labute approximate surface area is 100 Å². The van der Waals surface area contributed by atoms with Gasteiger partial charge in [-0.05, 0) is 19.1 Å². The maximum atomic E-state index is 11.4. The van der Waals surface area contributed by atoms with Gasteiger partial charge in [0, 0.05) is 0 Å². The Morgan fingerprint density at radius 1 is 1.59 bits per heavy atom. The molecule has 0 aromatic heterocycles. The number of hydrogen-bond donors (Lipinski definition) is 1. The third-order valence-corrected chi connectivity index (χ3v) is 1.99. The van der Waals surface area contributed by atoms with Crippen LogP contribution in [0.5, 0.6) is 5.75 Å². The molecule has 0 saturated heterocycles. The maximum absolute atomic E-state index is 11.4. The van der Waals surface area contributed by atoms with E-state index in [9.17, 15) is 4.79 Å². The maximum Gasteiger partial charge on any atom is 0.258 e. The van der Waals surface area contributed by atoms with Crippen LogP contribution in [-0.4, -0.2) is 18.6 Å². The third kappa shape index (κ3) is 3.89. The van der Waals surface area contributed by atoms with Crippen molar-refractivity contribution in [1.29, 1.82) is 5.26 Å². The van der Waals surface area contributed by atoms with Crippen LogP contribution < -0.4 is 10.1 Å². The summed E-state index contributed by atoms with van der Waals surface area (Å²) < 4.78 is 5.23. The lowest BCUT2D eigenvalue weighted by molar-refractivity contribution is -0.123. The summed E-state index contributed by atoms with van der Waals surface area (Å²) in [6.07, 6.45) is 5.12. The van der Waals surface area contributed by atoms with Crippen LogP contribution in [0.2, 0.25) is 0 Å². The molecule has 1 atom stereocenters. The molecule has 1 rings (SSSR count). The van der Waals surface area contributed by atoms with Crippen LogP contribution in [-0.2, 0) is 4.79 Å². The van der Waals surface area contributed by atoms with Crippen LogP contribution in [0.3, 0.4) is 0 Å². The van der Waals surface area contributed by atoms with Crippen LogP contribution >= 0.6 is 0 Å². The Morgan fingerprint density at radius 3 is 2.94 bits per heavy atom. The first kappa shape index (κ1) is 12.6. The summed E-state index contributed by atoms with van der Waals surface area (Å²) in [5.74, 6) is 2.45. The van der Waals surface area contributed by atoms with E-state index in [1.807, 2.05) is 6.07 Å². The van der Waals surface area contributed by atoms with E-state index < -0.39 is 0 Å². The first-order valence-electron chi connectivity index (χ1n) is 5.04. The van der Waals surface area contributed by atoms with Gasteiger partial charge in [0.1, 0.15) is 11.8 Å². The molecule has 0 spiro atoms. The highest BCUT2D eigenvalue weighted by Crippen LogP contribution is 2.15. The van der Waals surface area contributed by atoms with Crippen LogP contribution in [0, 0.1) is 23.7 Å². The van der Waals surface area contributed by atoms with E-state index in [0.29, 0.717) is 11.3 Å². The molecule has 0 radical (unpaired) electrons. The molecule has 0 aliphatic carbocycles. The Morgan fingerprint density at radius 2 is 2.29 bits per heavy atom. The molecule has 0 aliphatic rings. The van der Waals surface area contributed by atoms with Gasteiger partial charge in [0.2, 0.25) is 0 Å². The Hall–Kier alpha value is -2.46. The number of nitriles is 1. The zero-order chi connectivity index (χ0) is 12.7. The predicted octanol–water partition coefficient (Wildman–Crippen LogP) is 1.07. The van der Waals surface area contributed by atoms with Gasteiger partial charge in [0.25, 0.3) is 5.91 Å². The van der Waals surface area contributed by atoms with Gasteiger partial charge < -0.3 is 10.1 Å². The number of carbonyl (C=O) groups excluding carboxylic acids is 1. The van der Waals surface area contributed by atoms with Gasteiger partial charge in [0.15, 0.2) is 6.61 Å². The fraction of sp³-hybridized carbons (Fsp3) is 0.231. The standard InChI is InChI=1S/C13H12N2O2/c1-3-10(2)15-13(16)9-17-12-7-5-4-6-11(12)8-14/h1,4-7,10H,9H2,2H3,(H,15,16). The number of amides is 1. The van der Waals surface area contributed by atoms with Crippen LogP contribution in [0.15, 0.2) is 24.3 Å². The molecule has 0 fully saturated rings. The highest BCUT2D eigenvalue weighted by atomic mass is 16.5. The van der Waals surface area contributed by atoms with Gasteiger partial charge in [-0.3, -0.25) is 4.79 Å². The largest absolute Gasteiger partial charge is 0.482 e. The van der Waals surface area contributed by atoms with Crippen molar-refractivity contribution >= 4 is 5.91 Å². The molecule has 1 N–H and O–H groups in total. The van der Waals surface area contributed by atoms with E-state index in [1.54, 1.807) is 31.2 Å². The van der Waals surface area contributed by atoms with Crippen molar-refractivity contribution in [1.82, 2.24) is 5.32 Å². The molecule has 86 valence electrons. The second kappa shape index (κ2) is 6.19. The van der Waals surface area contributed by atoms with Crippen molar-refractivity contribution in [2.75, 3.05) is 6.61 Å². The topological polar surface area (TPSA) is 62.1 Å². The van der Waals surface area contributed by atoms with Crippen molar-refractivity contribution < 1.29 is 9.53 Å². The van der Waals surface area contributed by atoms with Crippen molar-refractivity contribution in [2.45, 2.75) is 13.0 Å². The monoisotopic (exact) mass is 228 g/mol. The Kier molecular flexibility index (Phi) is 4.59. The molecule has 0 bridgehead atoms. The minimum Gasteiger partial charge on any atom is -0.482 e.